The number of amides is 2. The van der Waals surface area contributed by atoms with Gasteiger partial charge in [0, 0.05) is 41.4 Å². The lowest BCUT2D eigenvalue weighted by Crippen LogP contribution is -2.45. The molecule has 0 unspecified atom stereocenters. The van der Waals surface area contributed by atoms with Crippen molar-refractivity contribution in [3.05, 3.63) is 78.4 Å². The number of imidazole rings is 1. The Labute approximate surface area is 184 Å². The molecule has 166 valence electrons. The van der Waals surface area contributed by atoms with Crippen LogP contribution < -0.4 is 5.32 Å². The second-order valence-corrected chi connectivity index (χ2v) is 7.95. The highest BCUT2D eigenvalue weighted by Gasteiger charge is 2.28. The minimum atomic E-state index is -0.779. The highest BCUT2D eigenvalue weighted by molar-refractivity contribution is 5.99. The molecule has 8 heteroatoms. The first-order valence-electron chi connectivity index (χ1n) is 10.6. The lowest BCUT2D eigenvalue weighted by Gasteiger charge is -2.34. The van der Waals surface area contributed by atoms with Crippen molar-refractivity contribution in [1.82, 2.24) is 14.5 Å². The Morgan fingerprint density at radius 2 is 1.72 bits per heavy atom. The van der Waals surface area contributed by atoms with Crippen LogP contribution in [0.3, 0.4) is 0 Å². The summed E-state index contributed by atoms with van der Waals surface area (Å²) in [6.07, 6.45) is 9.88. The molecule has 2 aromatic carbocycles. The Hall–Kier alpha value is -3.55. The minimum Gasteiger partial charge on any atom is -0.326 e. The number of carbonyl (C=O) groups excluding carboxylic acids is 2. The topological polar surface area (TPSA) is 67.2 Å². The molecule has 1 heterocycles. The second kappa shape index (κ2) is 9.72. The molecule has 0 aliphatic heterocycles. The average molecular weight is 438 g/mol. The van der Waals surface area contributed by atoms with Crippen LogP contribution >= 0.6 is 0 Å². The first-order chi connectivity index (χ1) is 15.5. The van der Waals surface area contributed by atoms with E-state index in [0.717, 1.165) is 56.0 Å². The fourth-order valence-corrected chi connectivity index (χ4v) is 4.09. The van der Waals surface area contributed by atoms with Crippen molar-refractivity contribution >= 4 is 17.5 Å². The Balaban J connectivity index is 1.51. The number of aromatic nitrogens is 2. The van der Waals surface area contributed by atoms with Crippen molar-refractivity contribution in [1.29, 1.82) is 0 Å². The number of hydrogen-bond donors (Lipinski definition) is 1. The van der Waals surface area contributed by atoms with Crippen LogP contribution in [0.25, 0.3) is 5.69 Å². The van der Waals surface area contributed by atoms with Gasteiger partial charge in [-0.15, -0.1) is 0 Å². The van der Waals surface area contributed by atoms with Gasteiger partial charge in [-0.2, -0.15) is 0 Å². The number of nitrogens with one attached hydrogen (secondary N) is 1. The molecule has 4 rings (SSSR count). The third kappa shape index (κ3) is 5.19. The summed E-state index contributed by atoms with van der Waals surface area (Å²) in [4.78, 5) is 31.6. The van der Waals surface area contributed by atoms with Crippen molar-refractivity contribution < 1.29 is 18.4 Å². The number of rotatable bonds is 6. The number of hydrogen-bond acceptors (Lipinski definition) is 3. The Bertz CT molecular complexity index is 1060. The Kier molecular flexibility index (Phi) is 6.58. The van der Waals surface area contributed by atoms with Gasteiger partial charge in [-0.25, -0.2) is 13.8 Å². The minimum absolute atomic E-state index is 0.0215. The smallest absolute Gasteiger partial charge is 0.254 e. The van der Waals surface area contributed by atoms with Gasteiger partial charge in [-0.1, -0.05) is 19.3 Å². The second-order valence-electron chi connectivity index (χ2n) is 7.95. The Morgan fingerprint density at radius 1 is 1.03 bits per heavy atom. The van der Waals surface area contributed by atoms with Gasteiger partial charge in [0.05, 0.1) is 6.33 Å². The van der Waals surface area contributed by atoms with Gasteiger partial charge in [-0.3, -0.25) is 9.59 Å². The van der Waals surface area contributed by atoms with Crippen molar-refractivity contribution in [3.63, 3.8) is 0 Å². The Morgan fingerprint density at radius 3 is 2.34 bits per heavy atom. The first-order valence-corrected chi connectivity index (χ1v) is 10.6. The zero-order chi connectivity index (χ0) is 22.5. The summed E-state index contributed by atoms with van der Waals surface area (Å²) < 4.78 is 28.7. The molecule has 3 aromatic rings. The average Bonchev–Trinajstić information content (AvgIpc) is 3.32. The van der Waals surface area contributed by atoms with Crippen LogP contribution in [0.5, 0.6) is 0 Å². The summed E-state index contributed by atoms with van der Waals surface area (Å²) in [5, 5.41) is 2.50. The number of carbonyl (C=O) groups is 2. The number of nitrogens with zero attached hydrogens (tertiary/aromatic N) is 3. The molecule has 0 spiro atoms. The zero-order valence-corrected chi connectivity index (χ0v) is 17.5. The van der Waals surface area contributed by atoms with E-state index in [1.54, 1.807) is 29.6 Å². The molecule has 0 atom stereocenters. The van der Waals surface area contributed by atoms with Gasteiger partial charge in [-0.05, 0) is 49.2 Å². The molecule has 1 N–H and O–H groups in total. The van der Waals surface area contributed by atoms with Crippen LogP contribution in [0.4, 0.5) is 14.5 Å². The van der Waals surface area contributed by atoms with Crippen LogP contribution in [0.2, 0.25) is 0 Å². The van der Waals surface area contributed by atoms with Crippen molar-refractivity contribution in [2.45, 2.75) is 38.1 Å². The fourth-order valence-electron chi connectivity index (χ4n) is 4.09. The number of benzene rings is 2. The molecule has 2 amide bonds. The van der Waals surface area contributed by atoms with Crippen LogP contribution in [0.15, 0.2) is 61.2 Å². The van der Waals surface area contributed by atoms with E-state index in [-0.39, 0.29) is 24.2 Å². The molecule has 1 aromatic heterocycles. The van der Waals surface area contributed by atoms with Gasteiger partial charge in [0.25, 0.3) is 5.91 Å². The molecular weight excluding hydrogens is 414 g/mol. The van der Waals surface area contributed by atoms with E-state index >= 15 is 0 Å². The van der Waals surface area contributed by atoms with E-state index in [2.05, 4.69) is 10.3 Å². The highest BCUT2D eigenvalue weighted by Crippen LogP contribution is 2.25. The summed E-state index contributed by atoms with van der Waals surface area (Å²) in [5.41, 5.74) is 1.37. The van der Waals surface area contributed by atoms with E-state index in [4.69, 9.17) is 0 Å². The molecule has 0 bridgehead atoms. The predicted octanol–water partition coefficient (Wildman–Crippen LogP) is 4.56. The number of halogens is 2. The van der Waals surface area contributed by atoms with Crippen LogP contribution in [0.1, 0.15) is 42.5 Å². The monoisotopic (exact) mass is 438 g/mol. The predicted molar refractivity (Wildman–Crippen MR) is 116 cm³/mol. The third-order valence-corrected chi connectivity index (χ3v) is 5.65. The van der Waals surface area contributed by atoms with E-state index in [1.165, 1.54) is 0 Å². The molecule has 1 saturated carbocycles. The zero-order valence-electron chi connectivity index (χ0n) is 17.5. The molecule has 1 aliphatic rings. The maximum atomic E-state index is 13.5. The van der Waals surface area contributed by atoms with Crippen molar-refractivity contribution in [3.8, 4) is 5.69 Å². The summed E-state index contributed by atoms with van der Waals surface area (Å²) in [6.45, 7) is -0.190. The third-order valence-electron chi connectivity index (χ3n) is 5.65. The van der Waals surface area contributed by atoms with E-state index in [1.807, 2.05) is 22.9 Å². The molecule has 0 saturated heterocycles. The van der Waals surface area contributed by atoms with Crippen LogP contribution in [-0.4, -0.2) is 38.9 Å². The first kappa shape index (κ1) is 21.7. The normalized spacial score (nSPS) is 14.2. The summed E-state index contributed by atoms with van der Waals surface area (Å²) in [6, 6.07) is 9.87. The lowest BCUT2D eigenvalue weighted by atomic mass is 9.93. The van der Waals surface area contributed by atoms with Gasteiger partial charge >= 0.3 is 0 Å². The van der Waals surface area contributed by atoms with Crippen LogP contribution in [0, 0.1) is 11.6 Å². The van der Waals surface area contributed by atoms with E-state index < -0.39 is 17.5 Å². The largest absolute Gasteiger partial charge is 0.326 e. The number of anilines is 1. The molecule has 1 fully saturated rings. The van der Waals surface area contributed by atoms with E-state index in [9.17, 15) is 18.4 Å². The highest BCUT2D eigenvalue weighted by atomic mass is 19.1. The molecule has 32 heavy (non-hydrogen) atoms. The SMILES string of the molecule is O=C(CN(C(=O)c1ccc(-n2ccnc2)cc1)C1CCCCC1)Nc1cc(F)cc(F)c1. The standard InChI is InChI=1S/C24H24F2N4O2/c25-18-12-19(26)14-20(13-18)28-23(31)15-30(22-4-2-1-3-5-22)24(32)17-6-8-21(9-7-17)29-11-10-27-16-29/h6-14,16,22H,1-5,15H2,(H,28,31). The molecule has 0 radical (unpaired) electrons. The van der Waals surface area contributed by atoms with Gasteiger partial charge in [0.1, 0.15) is 18.2 Å². The van der Waals surface area contributed by atoms with E-state index in [0.29, 0.717) is 5.56 Å². The fraction of sp³-hybridized carbons (Fsp3) is 0.292. The van der Waals surface area contributed by atoms with Gasteiger partial charge in [0.15, 0.2) is 0 Å². The van der Waals surface area contributed by atoms with Crippen molar-refractivity contribution in [2.75, 3.05) is 11.9 Å². The van der Waals surface area contributed by atoms with Crippen LogP contribution in [-0.2, 0) is 4.79 Å². The van der Waals surface area contributed by atoms with Gasteiger partial charge in [0.2, 0.25) is 5.91 Å². The van der Waals surface area contributed by atoms with Crippen molar-refractivity contribution in [2.24, 2.45) is 0 Å². The molecule has 6 nitrogen and oxygen atoms in total. The summed E-state index contributed by atoms with van der Waals surface area (Å²) >= 11 is 0. The maximum Gasteiger partial charge on any atom is 0.254 e. The summed E-state index contributed by atoms with van der Waals surface area (Å²) in [7, 11) is 0. The lowest BCUT2D eigenvalue weighted by molar-refractivity contribution is -0.117. The quantitative estimate of drug-likeness (QED) is 0.613. The molecule has 1 aliphatic carbocycles. The molecular formula is C24H24F2N4O2. The maximum absolute atomic E-state index is 13.5. The summed E-state index contributed by atoms with van der Waals surface area (Å²) in [5.74, 6) is -2.30. The van der Waals surface area contributed by atoms with Gasteiger partial charge < -0.3 is 14.8 Å².